The van der Waals surface area contributed by atoms with Crippen molar-refractivity contribution in [2.24, 2.45) is 5.92 Å². The number of aliphatic carboxylic acids is 1. The number of imidazole rings is 1. The topological polar surface area (TPSA) is 68.0 Å². The maximum Gasteiger partial charge on any atom is 0.307 e. The van der Waals surface area contributed by atoms with Gasteiger partial charge in [0.25, 0.3) is 0 Å². The number of hydrogen-bond acceptors (Lipinski definition) is 3. The summed E-state index contributed by atoms with van der Waals surface area (Å²) in [5.74, 6) is -0.0256. The molecule has 5 heteroatoms. The molecule has 1 aliphatic carbocycles. The van der Waals surface area contributed by atoms with Gasteiger partial charge in [-0.15, -0.1) is 0 Å². The first kappa shape index (κ1) is 13.1. The van der Waals surface area contributed by atoms with Gasteiger partial charge in [-0.2, -0.15) is 0 Å². The van der Waals surface area contributed by atoms with E-state index < -0.39 is 5.97 Å². The fraction of sp³-hybridized carbons (Fsp3) is 0.533. The monoisotopic (exact) mass is 273 g/mol. The molecule has 2 heterocycles. The molecule has 2 aromatic rings. The van der Waals surface area contributed by atoms with Crippen LogP contribution in [-0.4, -0.2) is 25.6 Å². The Hall–Kier alpha value is -1.91. The summed E-state index contributed by atoms with van der Waals surface area (Å²) in [4.78, 5) is 20.2. The molecule has 0 aromatic carbocycles. The van der Waals surface area contributed by atoms with Crippen LogP contribution in [0.5, 0.6) is 0 Å². The van der Waals surface area contributed by atoms with Crippen LogP contribution in [0.15, 0.2) is 18.5 Å². The van der Waals surface area contributed by atoms with Crippen LogP contribution in [0.2, 0.25) is 0 Å². The van der Waals surface area contributed by atoms with Crippen molar-refractivity contribution in [1.82, 2.24) is 14.5 Å². The predicted octanol–water partition coefficient (Wildman–Crippen LogP) is 2.81. The molecule has 20 heavy (non-hydrogen) atoms. The number of carboxylic acids is 1. The molecule has 1 N–H and O–H groups in total. The van der Waals surface area contributed by atoms with Gasteiger partial charge in [-0.25, -0.2) is 4.98 Å². The lowest BCUT2D eigenvalue weighted by Crippen LogP contribution is -2.20. The average Bonchev–Trinajstić information content (AvgIpc) is 3.04. The molecule has 2 unspecified atom stereocenters. The molecular formula is C15H19N3O2. The SMILES string of the molecule is CCCn1c(C2CCCC2C(=O)O)nc2cnccc21. The predicted molar refractivity (Wildman–Crippen MR) is 75.5 cm³/mol. The highest BCUT2D eigenvalue weighted by Crippen LogP contribution is 2.40. The van der Waals surface area contributed by atoms with Crippen molar-refractivity contribution in [2.45, 2.75) is 45.1 Å². The Morgan fingerprint density at radius 1 is 1.50 bits per heavy atom. The van der Waals surface area contributed by atoms with E-state index in [9.17, 15) is 9.90 Å². The normalized spacial score (nSPS) is 22.4. The summed E-state index contributed by atoms with van der Waals surface area (Å²) in [5.41, 5.74) is 1.93. The van der Waals surface area contributed by atoms with Crippen molar-refractivity contribution in [3.63, 3.8) is 0 Å². The molecule has 1 fully saturated rings. The van der Waals surface area contributed by atoms with Gasteiger partial charge in [0.1, 0.15) is 11.3 Å². The first-order valence-corrected chi connectivity index (χ1v) is 7.25. The minimum atomic E-state index is -0.694. The van der Waals surface area contributed by atoms with Gasteiger partial charge in [0, 0.05) is 18.7 Å². The molecule has 1 saturated carbocycles. The average molecular weight is 273 g/mol. The Bertz CT molecular complexity index is 635. The summed E-state index contributed by atoms with van der Waals surface area (Å²) in [6.45, 7) is 3.00. The van der Waals surface area contributed by atoms with E-state index in [1.54, 1.807) is 12.4 Å². The van der Waals surface area contributed by atoms with E-state index in [1.807, 2.05) is 6.07 Å². The lowest BCUT2D eigenvalue weighted by Gasteiger charge is -2.17. The maximum atomic E-state index is 11.4. The molecule has 0 spiro atoms. The third-order valence-electron chi connectivity index (χ3n) is 4.19. The molecule has 3 rings (SSSR count). The Morgan fingerprint density at radius 3 is 3.10 bits per heavy atom. The zero-order chi connectivity index (χ0) is 14.1. The largest absolute Gasteiger partial charge is 0.481 e. The lowest BCUT2D eigenvalue weighted by atomic mass is 9.95. The molecule has 0 saturated heterocycles. The molecule has 0 radical (unpaired) electrons. The molecule has 2 atom stereocenters. The van der Waals surface area contributed by atoms with E-state index >= 15 is 0 Å². The quantitative estimate of drug-likeness (QED) is 0.930. The second-order valence-electron chi connectivity index (χ2n) is 5.47. The van der Waals surface area contributed by atoms with Crippen LogP contribution in [0.3, 0.4) is 0 Å². The van der Waals surface area contributed by atoms with E-state index in [1.165, 1.54) is 0 Å². The fourth-order valence-corrected chi connectivity index (χ4v) is 3.31. The van der Waals surface area contributed by atoms with Crippen LogP contribution in [0, 0.1) is 5.92 Å². The Morgan fingerprint density at radius 2 is 2.35 bits per heavy atom. The Kier molecular flexibility index (Phi) is 3.42. The smallest absolute Gasteiger partial charge is 0.307 e. The highest BCUT2D eigenvalue weighted by molar-refractivity contribution is 5.76. The number of carbonyl (C=O) groups is 1. The summed E-state index contributed by atoms with van der Waals surface area (Å²) in [5, 5.41) is 9.39. The molecular weight excluding hydrogens is 254 g/mol. The summed E-state index contributed by atoms with van der Waals surface area (Å²) < 4.78 is 2.18. The molecule has 1 aliphatic rings. The molecule has 5 nitrogen and oxygen atoms in total. The van der Waals surface area contributed by atoms with Crippen molar-refractivity contribution in [3.8, 4) is 0 Å². The number of fused-ring (bicyclic) bond motifs is 1. The van der Waals surface area contributed by atoms with E-state index in [-0.39, 0.29) is 11.8 Å². The first-order chi connectivity index (χ1) is 9.72. The lowest BCUT2D eigenvalue weighted by molar-refractivity contribution is -0.142. The number of aromatic nitrogens is 3. The summed E-state index contributed by atoms with van der Waals surface area (Å²) >= 11 is 0. The Labute approximate surface area is 117 Å². The van der Waals surface area contributed by atoms with Crippen molar-refractivity contribution in [2.75, 3.05) is 0 Å². The fourth-order valence-electron chi connectivity index (χ4n) is 3.31. The van der Waals surface area contributed by atoms with Crippen molar-refractivity contribution in [3.05, 3.63) is 24.3 Å². The molecule has 0 bridgehead atoms. The zero-order valence-electron chi connectivity index (χ0n) is 11.6. The molecule has 106 valence electrons. The number of nitrogens with zero attached hydrogens (tertiary/aromatic N) is 3. The van der Waals surface area contributed by atoms with E-state index in [2.05, 4.69) is 21.5 Å². The van der Waals surface area contributed by atoms with Gasteiger partial charge >= 0.3 is 5.97 Å². The van der Waals surface area contributed by atoms with Crippen molar-refractivity contribution >= 4 is 17.0 Å². The minimum Gasteiger partial charge on any atom is -0.481 e. The van der Waals surface area contributed by atoms with E-state index in [0.717, 1.165) is 49.1 Å². The second-order valence-corrected chi connectivity index (χ2v) is 5.47. The van der Waals surface area contributed by atoms with Gasteiger partial charge in [-0.3, -0.25) is 9.78 Å². The van der Waals surface area contributed by atoms with Crippen molar-refractivity contribution in [1.29, 1.82) is 0 Å². The van der Waals surface area contributed by atoms with Gasteiger partial charge in [-0.1, -0.05) is 13.3 Å². The number of hydrogen-bond donors (Lipinski definition) is 1. The minimum absolute atomic E-state index is 0.0337. The number of pyridine rings is 1. The van der Waals surface area contributed by atoms with Crippen LogP contribution in [-0.2, 0) is 11.3 Å². The van der Waals surface area contributed by atoms with Crippen LogP contribution >= 0.6 is 0 Å². The van der Waals surface area contributed by atoms with Gasteiger partial charge < -0.3 is 9.67 Å². The highest BCUT2D eigenvalue weighted by atomic mass is 16.4. The second kappa shape index (κ2) is 5.23. The standard InChI is InChI=1S/C15H19N3O2/c1-2-8-18-13-6-7-16-9-12(13)17-14(18)10-4-3-5-11(10)15(19)20/h6-7,9-11H,2-5,8H2,1H3,(H,19,20). The summed E-state index contributed by atoms with van der Waals surface area (Å²) in [7, 11) is 0. The van der Waals surface area contributed by atoms with Crippen LogP contribution in [0.4, 0.5) is 0 Å². The van der Waals surface area contributed by atoms with Gasteiger partial charge in [0.2, 0.25) is 0 Å². The summed E-state index contributed by atoms with van der Waals surface area (Å²) in [6, 6.07) is 1.96. The number of carboxylic acid groups (broad SMARTS) is 1. The maximum absolute atomic E-state index is 11.4. The molecule has 0 amide bonds. The van der Waals surface area contributed by atoms with Crippen LogP contribution in [0.25, 0.3) is 11.0 Å². The Balaban J connectivity index is 2.10. The van der Waals surface area contributed by atoms with Gasteiger partial charge in [0.05, 0.1) is 17.6 Å². The zero-order valence-corrected chi connectivity index (χ0v) is 11.6. The summed E-state index contributed by atoms with van der Waals surface area (Å²) in [6.07, 6.45) is 7.17. The highest BCUT2D eigenvalue weighted by Gasteiger charge is 2.37. The molecule has 2 aromatic heterocycles. The van der Waals surface area contributed by atoms with Crippen LogP contribution in [0.1, 0.15) is 44.3 Å². The third kappa shape index (κ3) is 2.07. The van der Waals surface area contributed by atoms with Gasteiger partial charge in [-0.05, 0) is 25.3 Å². The number of aryl methyl sites for hydroxylation is 1. The number of rotatable bonds is 4. The van der Waals surface area contributed by atoms with Gasteiger partial charge in [0.15, 0.2) is 0 Å². The van der Waals surface area contributed by atoms with E-state index in [4.69, 9.17) is 0 Å². The first-order valence-electron chi connectivity index (χ1n) is 7.25. The van der Waals surface area contributed by atoms with E-state index in [0.29, 0.717) is 0 Å². The molecule has 0 aliphatic heterocycles. The van der Waals surface area contributed by atoms with Crippen molar-refractivity contribution < 1.29 is 9.90 Å². The van der Waals surface area contributed by atoms with Crippen LogP contribution < -0.4 is 0 Å². The third-order valence-corrected chi connectivity index (χ3v) is 4.19.